The lowest BCUT2D eigenvalue weighted by atomic mass is 9.67. The van der Waals surface area contributed by atoms with Crippen LogP contribution in [0.3, 0.4) is 0 Å². The summed E-state index contributed by atoms with van der Waals surface area (Å²) >= 11 is 1.69. The van der Waals surface area contributed by atoms with Crippen molar-refractivity contribution in [3.8, 4) is 0 Å². The number of rotatable bonds is 3. The minimum absolute atomic E-state index is 0.215. The second kappa shape index (κ2) is 3.15. The van der Waals surface area contributed by atoms with Crippen LogP contribution in [0.4, 0.5) is 0 Å². The van der Waals surface area contributed by atoms with Crippen molar-refractivity contribution in [3.63, 3.8) is 0 Å². The van der Waals surface area contributed by atoms with Crippen LogP contribution in [0, 0.1) is 5.41 Å². The van der Waals surface area contributed by atoms with Gasteiger partial charge in [0, 0.05) is 17.7 Å². The largest absolute Gasteiger partial charge is 0.396 e. The molecule has 12 heavy (non-hydrogen) atoms. The van der Waals surface area contributed by atoms with E-state index in [0.717, 1.165) is 6.42 Å². The molecule has 1 aliphatic rings. The van der Waals surface area contributed by atoms with Crippen molar-refractivity contribution < 1.29 is 5.11 Å². The van der Waals surface area contributed by atoms with E-state index in [4.69, 9.17) is 0 Å². The molecule has 0 unspecified atom stereocenters. The molecule has 0 spiro atoms. The van der Waals surface area contributed by atoms with Crippen molar-refractivity contribution in [2.24, 2.45) is 5.41 Å². The minimum atomic E-state index is 0.215. The number of hydrogen-bond donors (Lipinski definition) is 1. The lowest BCUT2D eigenvalue weighted by Crippen LogP contribution is -2.35. The third-order valence-electron chi connectivity index (χ3n) is 2.78. The molecule has 1 aromatic rings. The molecule has 1 aliphatic carbocycles. The summed E-state index contributed by atoms with van der Waals surface area (Å²) in [6.45, 7) is 0.338. The average Bonchev–Trinajstić information content (AvgIpc) is 2.49. The first kappa shape index (κ1) is 8.20. The maximum absolute atomic E-state index is 9.22. The second-order valence-electron chi connectivity index (χ2n) is 3.66. The van der Waals surface area contributed by atoms with Crippen LogP contribution in [-0.2, 0) is 6.42 Å². The Morgan fingerprint density at radius 2 is 2.42 bits per heavy atom. The second-order valence-corrected chi connectivity index (χ2v) is 4.63. The highest BCUT2D eigenvalue weighted by Crippen LogP contribution is 2.43. The van der Waals surface area contributed by atoms with Gasteiger partial charge < -0.3 is 5.11 Å². The van der Waals surface area contributed by atoms with Crippen molar-refractivity contribution in [1.82, 2.24) is 4.98 Å². The Morgan fingerprint density at radius 3 is 2.83 bits per heavy atom. The van der Waals surface area contributed by atoms with E-state index in [0.29, 0.717) is 6.61 Å². The van der Waals surface area contributed by atoms with E-state index in [2.05, 4.69) is 4.98 Å². The van der Waals surface area contributed by atoms with E-state index >= 15 is 0 Å². The molecule has 0 aliphatic heterocycles. The molecule has 1 aromatic heterocycles. The fraction of sp³-hybridized carbons (Fsp3) is 0.667. The van der Waals surface area contributed by atoms with Crippen LogP contribution in [-0.4, -0.2) is 16.7 Å². The van der Waals surface area contributed by atoms with E-state index in [1.807, 2.05) is 11.7 Å². The molecule has 66 valence electrons. The maximum Gasteiger partial charge on any atom is 0.0794 e. The van der Waals surface area contributed by atoms with Gasteiger partial charge in [-0.15, -0.1) is 11.3 Å². The Kier molecular flexibility index (Phi) is 2.15. The van der Waals surface area contributed by atoms with Crippen LogP contribution in [0.25, 0.3) is 0 Å². The number of nitrogens with zero attached hydrogens (tertiary/aromatic N) is 1. The average molecular weight is 183 g/mol. The summed E-state index contributed by atoms with van der Waals surface area (Å²) < 4.78 is 0. The SMILES string of the molecule is OCC1(Cc2cncs2)CCC1. The zero-order chi connectivity index (χ0) is 8.44. The van der Waals surface area contributed by atoms with Crippen molar-refractivity contribution >= 4 is 11.3 Å². The van der Waals surface area contributed by atoms with E-state index < -0.39 is 0 Å². The molecule has 0 amide bonds. The molecular formula is C9H13NOS. The van der Waals surface area contributed by atoms with Crippen molar-refractivity contribution in [2.75, 3.05) is 6.61 Å². The molecule has 0 atom stereocenters. The minimum Gasteiger partial charge on any atom is -0.396 e. The molecule has 3 heteroatoms. The molecule has 0 saturated heterocycles. The molecule has 1 N–H and O–H groups in total. The van der Waals surface area contributed by atoms with Crippen LogP contribution in [0.15, 0.2) is 11.7 Å². The summed E-state index contributed by atoms with van der Waals surface area (Å²) in [4.78, 5) is 5.34. The van der Waals surface area contributed by atoms with Gasteiger partial charge in [-0.3, -0.25) is 4.98 Å². The van der Waals surface area contributed by atoms with Gasteiger partial charge in [-0.1, -0.05) is 6.42 Å². The lowest BCUT2D eigenvalue weighted by molar-refractivity contribution is 0.0458. The molecule has 0 radical (unpaired) electrons. The van der Waals surface area contributed by atoms with Crippen LogP contribution in [0.1, 0.15) is 24.1 Å². The predicted octanol–water partition coefficient (Wildman–Crippen LogP) is 1.85. The highest BCUT2D eigenvalue weighted by Gasteiger charge is 2.36. The highest BCUT2D eigenvalue weighted by atomic mass is 32.1. The summed E-state index contributed by atoms with van der Waals surface area (Å²) in [6.07, 6.45) is 6.58. The van der Waals surface area contributed by atoms with Crippen LogP contribution >= 0.6 is 11.3 Å². The smallest absolute Gasteiger partial charge is 0.0794 e. The van der Waals surface area contributed by atoms with Gasteiger partial charge in [0.15, 0.2) is 0 Å². The summed E-state index contributed by atoms with van der Waals surface area (Å²) in [6, 6.07) is 0. The fourth-order valence-electron chi connectivity index (χ4n) is 1.77. The van der Waals surface area contributed by atoms with Gasteiger partial charge in [0.1, 0.15) is 0 Å². The lowest BCUT2D eigenvalue weighted by Gasteiger charge is -2.40. The van der Waals surface area contributed by atoms with Crippen molar-refractivity contribution in [3.05, 3.63) is 16.6 Å². The normalized spacial score (nSPS) is 20.4. The number of hydrogen-bond acceptors (Lipinski definition) is 3. The first-order chi connectivity index (χ1) is 5.85. The molecule has 2 nitrogen and oxygen atoms in total. The van der Waals surface area contributed by atoms with Gasteiger partial charge in [0.05, 0.1) is 5.51 Å². The third kappa shape index (κ3) is 1.39. The molecule has 1 saturated carbocycles. The zero-order valence-electron chi connectivity index (χ0n) is 6.99. The number of aromatic nitrogens is 1. The predicted molar refractivity (Wildman–Crippen MR) is 49.2 cm³/mol. The quantitative estimate of drug-likeness (QED) is 0.775. The first-order valence-corrected chi connectivity index (χ1v) is 5.21. The van der Waals surface area contributed by atoms with Crippen LogP contribution < -0.4 is 0 Å². The van der Waals surface area contributed by atoms with E-state index in [1.54, 1.807) is 11.3 Å². The van der Waals surface area contributed by atoms with E-state index in [9.17, 15) is 5.11 Å². The number of thiazole rings is 1. The first-order valence-electron chi connectivity index (χ1n) is 4.33. The van der Waals surface area contributed by atoms with Gasteiger partial charge in [-0.2, -0.15) is 0 Å². The van der Waals surface area contributed by atoms with Gasteiger partial charge in [0.25, 0.3) is 0 Å². The fourth-order valence-corrected chi connectivity index (χ4v) is 2.53. The van der Waals surface area contributed by atoms with E-state index in [1.165, 1.54) is 24.1 Å². The standard InChI is InChI=1S/C9H13NOS/c11-6-9(2-1-3-9)4-8-5-10-7-12-8/h5,7,11H,1-4,6H2. The maximum atomic E-state index is 9.22. The Bertz CT molecular complexity index is 236. The van der Waals surface area contributed by atoms with Gasteiger partial charge in [0.2, 0.25) is 0 Å². The molecule has 0 aromatic carbocycles. The molecule has 2 rings (SSSR count). The van der Waals surface area contributed by atoms with Crippen molar-refractivity contribution in [1.29, 1.82) is 0 Å². The topological polar surface area (TPSA) is 33.1 Å². The Labute approximate surface area is 76.3 Å². The molecule has 1 heterocycles. The Balaban J connectivity index is 2.01. The third-order valence-corrected chi connectivity index (χ3v) is 3.56. The number of aliphatic hydroxyl groups is 1. The summed E-state index contributed by atoms with van der Waals surface area (Å²) in [5, 5.41) is 9.22. The molecule has 1 fully saturated rings. The van der Waals surface area contributed by atoms with Crippen molar-refractivity contribution in [2.45, 2.75) is 25.7 Å². The van der Waals surface area contributed by atoms with Gasteiger partial charge >= 0.3 is 0 Å². The van der Waals surface area contributed by atoms with E-state index in [-0.39, 0.29) is 5.41 Å². The molecular weight excluding hydrogens is 170 g/mol. The summed E-state index contributed by atoms with van der Waals surface area (Å²) in [5.74, 6) is 0. The Morgan fingerprint density at radius 1 is 1.58 bits per heavy atom. The Hall–Kier alpha value is -0.410. The van der Waals surface area contributed by atoms with Gasteiger partial charge in [-0.25, -0.2) is 0 Å². The summed E-state index contributed by atoms with van der Waals surface area (Å²) in [5.41, 5.74) is 2.08. The summed E-state index contributed by atoms with van der Waals surface area (Å²) in [7, 11) is 0. The zero-order valence-corrected chi connectivity index (χ0v) is 7.81. The number of aliphatic hydroxyl groups excluding tert-OH is 1. The highest BCUT2D eigenvalue weighted by molar-refractivity contribution is 7.09. The van der Waals surface area contributed by atoms with Crippen LogP contribution in [0.2, 0.25) is 0 Å². The van der Waals surface area contributed by atoms with Crippen LogP contribution in [0.5, 0.6) is 0 Å². The molecule has 0 bridgehead atoms. The van der Waals surface area contributed by atoms with Gasteiger partial charge in [-0.05, 0) is 24.7 Å². The monoisotopic (exact) mass is 183 g/mol.